The predicted octanol–water partition coefficient (Wildman–Crippen LogP) is 2.40. The summed E-state index contributed by atoms with van der Waals surface area (Å²) in [5, 5.41) is 8.81. The van der Waals surface area contributed by atoms with Gasteiger partial charge in [-0.15, -0.1) is 10.2 Å². The molecule has 2 aromatic heterocycles. The number of aromatic nitrogens is 4. The Morgan fingerprint density at radius 3 is 3.00 bits per heavy atom. The summed E-state index contributed by atoms with van der Waals surface area (Å²) in [6.45, 7) is 5.55. The zero-order chi connectivity index (χ0) is 12.7. The van der Waals surface area contributed by atoms with Crippen molar-refractivity contribution < 1.29 is 0 Å². The lowest BCUT2D eigenvalue weighted by Gasteiger charge is -2.37. The van der Waals surface area contributed by atoms with E-state index in [2.05, 4.69) is 33.9 Å². The molecule has 0 aromatic carbocycles. The van der Waals surface area contributed by atoms with E-state index in [0.29, 0.717) is 22.8 Å². The van der Waals surface area contributed by atoms with Gasteiger partial charge in [0.15, 0.2) is 10.8 Å². The molecule has 3 heterocycles. The van der Waals surface area contributed by atoms with Gasteiger partial charge in [-0.2, -0.15) is 0 Å². The minimum Gasteiger partial charge on any atom is -0.338 e. The van der Waals surface area contributed by atoms with Crippen LogP contribution in [-0.4, -0.2) is 32.2 Å². The molecule has 0 spiro atoms. The van der Waals surface area contributed by atoms with Crippen LogP contribution in [0.25, 0.3) is 5.65 Å². The first-order valence-electron chi connectivity index (χ1n) is 6.30. The molecule has 5 nitrogen and oxygen atoms in total. The van der Waals surface area contributed by atoms with Gasteiger partial charge in [-0.25, -0.2) is 4.98 Å². The Hall–Kier alpha value is -1.36. The Morgan fingerprint density at radius 2 is 2.17 bits per heavy atom. The van der Waals surface area contributed by atoms with Crippen molar-refractivity contribution in [1.82, 2.24) is 19.6 Å². The predicted molar refractivity (Wildman–Crippen MR) is 71.0 cm³/mol. The molecular weight excluding hydrogens is 250 g/mol. The van der Waals surface area contributed by atoms with Gasteiger partial charge in [0.2, 0.25) is 5.95 Å². The molecule has 1 aliphatic heterocycles. The Labute approximate surface area is 111 Å². The molecule has 0 amide bonds. The number of halogens is 1. The van der Waals surface area contributed by atoms with Crippen molar-refractivity contribution in [3.05, 3.63) is 17.5 Å². The molecule has 0 N–H and O–H groups in total. The summed E-state index contributed by atoms with van der Waals surface area (Å²) >= 11 is 6.02. The minimum atomic E-state index is 0.397. The summed E-state index contributed by atoms with van der Waals surface area (Å²) in [6, 6.07) is 0.470. The molecular formula is C12H16ClN5. The monoisotopic (exact) mass is 265 g/mol. The van der Waals surface area contributed by atoms with Gasteiger partial charge in [0, 0.05) is 25.0 Å². The van der Waals surface area contributed by atoms with Gasteiger partial charge >= 0.3 is 0 Å². The van der Waals surface area contributed by atoms with Gasteiger partial charge in [0.25, 0.3) is 0 Å². The number of anilines is 1. The van der Waals surface area contributed by atoms with E-state index in [0.717, 1.165) is 12.5 Å². The summed E-state index contributed by atoms with van der Waals surface area (Å²) in [5.74, 6) is 1.54. The average Bonchev–Trinajstić information content (AvgIpc) is 2.78. The topological polar surface area (TPSA) is 46.3 Å². The van der Waals surface area contributed by atoms with Crippen molar-refractivity contribution in [3.8, 4) is 0 Å². The van der Waals surface area contributed by atoms with Crippen LogP contribution < -0.4 is 4.90 Å². The van der Waals surface area contributed by atoms with E-state index < -0.39 is 0 Å². The molecule has 0 aliphatic carbocycles. The molecule has 1 aliphatic rings. The second kappa shape index (κ2) is 4.39. The zero-order valence-electron chi connectivity index (χ0n) is 10.5. The molecule has 6 heteroatoms. The Bertz CT molecular complexity index is 567. The first-order valence-corrected chi connectivity index (χ1v) is 6.68. The second-order valence-corrected chi connectivity index (χ2v) is 5.32. The lowest BCUT2D eigenvalue weighted by molar-refractivity contribution is 0.359. The van der Waals surface area contributed by atoms with Crippen LogP contribution in [0.1, 0.15) is 26.7 Å². The fraction of sp³-hybridized carbons (Fsp3) is 0.583. The maximum atomic E-state index is 6.02. The molecule has 3 rings (SSSR count). The summed E-state index contributed by atoms with van der Waals surface area (Å²) in [6.07, 6.45) is 6.01. The summed E-state index contributed by atoms with van der Waals surface area (Å²) in [4.78, 5) is 6.33. The van der Waals surface area contributed by atoms with Crippen LogP contribution in [0.5, 0.6) is 0 Å². The number of nitrogens with zero attached hydrogens (tertiary/aromatic N) is 5. The minimum absolute atomic E-state index is 0.397. The molecule has 96 valence electrons. The maximum Gasteiger partial charge on any atom is 0.232 e. The van der Waals surface area contributed by atoms with Crippen LogP contribution in [0.15, 0.2) is 12.4 Å². The quantitative estimate of drug-likeness (QED) is 0.794. The first-order chi connectivity index (χ1) is 8.68. The highest BCUT2D eigenvalue weighted by Gasteiger charge is 2.28. The van der Waals surface area contributed by atoms with E-state index in [1.165, 1.54) is 12.8 Å². The molecule has 2 unspecified atom stereocenters. The number of hydrogen-bond donors (Lipinski definition) is 0. The van der Waals surface area contributed by atoms with Crippen LogP contribution in [0, 0.1) is 5.92 Å². The Balaban J connectivity index is 2.06. The van der Waals surface area contributed by atoms with Crippen molar-refractivity contribution in [2.45, 2.75) is 32.7 Å². The number of fused-ring (bicyclic) bond motifs is 1. The average molecular weight is 266 g/mol. The third-order valence-electron chi connectivity index (χ3n) is 3.90. The van der Waals surface area contributed by atoms with Crippen LogP contribution in [-0.2, 0) is 0 Å². The summed E-state index contributed by atoms with van der Waals surface area (Å²) in [5.41, 5.74) is 0.625. The summed E-state index contributed by atoms with van der Waals surface area (Å²) in [7, 11) is 0. The Morgan fingerprint density at radius 1 is 1.33 bits per heavy atom. The Kier molecular flexibility index (Phi) is 2.86. The highest BCUT2D eigenvalue weighted by molar-refractivity contribution is 6.32. The number of piperidine rings is 1. The molecule has 2 aromatic rings. The van der Waals surface area contributed by atoms with E-state index in [1.54, 1.807) is 6.20 Å². The molecule has 0 bridgehead atoms. The lowest BCUT2D eigenvalue weighted by Crippen LogP contribution is -2.43. The zero-order valence-corrected chi connectivity index (χ0v) is 11.3. The molecule has 18 heavy (non-hydrogen) atoms. The van der Waals surface area contributed by atoms with Crippen molar-refractivity contribution in [1.29, 1.82) is 0 Å². The van der Waals surface area contributed by atoms with Crippen LogP contribution in [0.4, 0.5) is 5.95 Å². The van der Waals surface area contributed by atoms with Crippen molar-refractivity contribution >= 4 is 23.2 Å². The molecule has 0 saturated carbocycles. The molecule has 1 saturated heterocycles. The third-order valence-corrected chi connectivity index (χ3v) is 4.16. The highest BCUT2D eigenvalue weighted by atomic mass is 35.5. The van der Waals surface area contributed by atoms with Gasteiger partial charge in [0.1, 0.15) is 0 Å². The fourth-order valence-corrected chi connectivity index (χ4v) is 2.78. The number of hydrogen-bond acceptors (Lipinski definition) is 4. The number of rotatable bonds is 1. The normalized spacial score (nSPS) is 24.7. The largest absolute Gasteiger partial charge is 0.338 e. The van der Waals surface area contributed by atoms with Crippen LogP contribution >= 0.6 is 11.6 Å². The fourth-order valence-electron chi connectivity index (χ4n) is 2.60. The van der Waals surface area contributed by atoms with Crippen LogP contribution in [0.3, 0.4) is 0 Å². The first kappa shape index (κ1) is 11.7. The molecule has 1 fully saturated rings. The van der Waals surface area contributed by atoms with E-state index in [-0.39, 0.29) is 0 Å². The smallest absolute Gasteiger partial charge is 0.232 e. The van der Waals surface area contributed by atoms with Crippen molar-refractivity contribution in [2.75, 3.05) is 11.4 Å². The van der Waals surface area contributed by atoms with Gasteiger partial charge in [-0.3, -0.25) is 4.40 Å². The molecule has 2 atom stereocenters. The van der Waals surface area contributed by atoms with E-state index in [9.17, 15) is 0 Å². The van der Waals surface area contributed by atoms with Gasteiger partial charge in [-0.1, -0.05) is 18.5 Å². The maximum absolute atomic E-state index is 6.02. The standard InChI is InChI=1S/C12H16ClN5/c1-8-4-3-6-17(9(8)2)12-16-15-11-10(13)14-5-7-18(11)12/h5,7-9H,3-4,6H2,1-2H3. The van der Waals surface area contributed by atoms with Gasteiger partial charge in [-0.05, 0) is 25.7 Å². The second-order valence-electron chi connectivity index (χ2n) is 4.97. The molecule has 0 radical (unpaired) electrons. The highest BCUT2D eigenvalue weighted by Crippen LogP contribution is 2.28. The van der Waals surface area contributed by atoms with Gasteiger partial charge < -0.3 is 4.90 Å². The van der Waals surface area contributed by atoms with E-state index >= 15 is 0 Å². The van der Waals surface area contributed by atoms with Crippen molar-refractivity contribution in [2.24, 2.45) is 5.92 Å². The summed E-state index contributed by atoms with van der Waals surface area (Å²) < 4.78 is 1.92. The SMILES string of the molecule is CC1CCCN(c2nnc3c(Cl)nccn23)C1C. The van der Waals surface area contributed by atoms with Crippen LogP contribution in [0.2, 0.25) is 5.15 Å². The lowest BCUT2D eigenvalue weighted by atomic mass is 9.92. The van der Waals surface area contributed by atoms with E-state index in [1.807, 2.05) is 10.6 Å². The van der Waals surface area contributed by atoms with Crippen molar-refractivity contribution in [3.63, 3.8) is 0 Å². The third kappa shape index (κ3) is 1.73. The van der Waals surface area contributed by atoms with Gasteiger partial charge in [0.05, 0.1) is 0 Å². The van der Waals surface area contributed by atoms with E-state index in [4.69, 9.17) is 11.6 Å².